The van der Waals surface area contributed by atoms with Crippen molar-refractivity contribution in [3.8, 4) is 0 Å². The number of amides is 2. The molecule has 0 saturated heterocycles. The van der Waals surface area contributed by atoms with Gasteiger partial charge in [0.1, 0.15) is 5.00 Å². The van der Waals surface area contributed by atoms with E-state index in [1.807, 2.05) is 0 Å². The van der Waals surface area contributed by atoms with Crippen molar-refractivity contribution in [3.05, 3.63) is 16.5 Å². The summed E-state index contributed by atoms with van der Waals surface area (Å²) in [7, 11) is 0. The fourth-order valence-corrected chi connectivity index (χ4v) is 2.32. The Kier molecular flexibility index (Phi) is 5.52. The second-order valence-corrected chi connectivity index (χ2v) is 4.94. The van der Waals surface area contributed by atoms with E-state index in [9.17, 15) is 22.8 Å². The molecule has 4 N–H and O–H groups in total. The Morgan fingerprint density at radius 2 is 2.05 bits per heavy atom. The van der Waals surface area contributed by atoms with E-state index in [4.69, 9.17) is 5.73 Å². The number of carbonyl (C=O) groups is 2. The third-order valence-electron chi connectivity index (χ3n) is 2.29. The van der Waals surface area contributed by atoms with Crippen LogP contribution in [0.5, 0.6) is 0 Å². The summed E-state index contributed by atoms with van der Waals surface area (Å²) < 4.78 is 36.7. The van der Waals surface area contributed by atoms with E-state index in [2.05, 4.69) is 5.32 Å². The molecule has 2 amide bonds. The average molecular weight is 309 g/mol. The van der Waals surface area contributed by atoms with Gasteiger partial charge in [-0.1, -0.05) is 6.92 Å². The van der Waals surface area contributed by atoms with Crippen LogP contribution in [-0.2, 0) is 11.2 Å². The molecular weight excluding hydrogens is 295 g/mol. The Labute approximate surface area is 117 Å². The number of anilines is 1. The Bertz CT molecular complexity index is 500. The predicted molar refractivity (Wildman–Crippen MR) is 69.8 cm³/mol. The number of nitrogens with one attached hydrogen (secondary N) is 2. The lowest BCUT2D eigenvalue weighted by Crippen LogP contribution is -2.32. The Morgan fingerprint density at radius 1 is 1.40 bits per heavy atom. The van der Waals surface area contributed by atoms with Crippen molar-refractivity contribution in [2.45, 2.75) is 19.5 Å². The Hall–Kier alpha value is -1.61. The molecule has 5 nitrogen and oxygen atoms in total. The number of rotatable bonds is 5. The molecule has 0 bridgehead atoms. The number of halogens is 3. The van der Waals surface area contributed by atoms with Crippen LogP contribution in [-0.4, -0.2) is 31.1 Å². The smallest absolute Gasteiger partial charge is 0.351 e. The predicted octanol–water partition coefficient (Wildman–Crippen LogP) is 1.50. The van der Waals surface area contributed by atoms with Gasteiger partial charge in [0.25, 0.3) is 5.91 Å². The topological polar surface area (TPSA) is 84.2 Å². The summed E-state index contributed by atoms with van der Waals surface area (Å²) in [6.07, 6.45) is -4.45. The maximum atomic E-state index is 12.2. The molecule has 0 atom stereocenters. The lowest BCUT2D eigenvalue weighted by atomic mass is 10.2. The SMILES string of the molecule is CCc1cc(C(=O)NCCN)c(NC(=O)C(F)(F)F)s1. The molecule has 0 radical (unpaired) electrons. The van der Waals surface area contributed by atoms with E-state index >= 15 is 0 Å². The molecule has 0 fully saturated rings. The molecule has 0 aliphatic carbocycles. The van der Waals surface area contributed by atoms with Gasteiger partial charge in [-0.05, 0) is 12.5 Å². The zero-order valence-corrected chi connectivity index (χ0v) is 11.5. The molecule has 0 saturated carbocycles. The summed E-state index contributed by atoms with van der Waals surface area (Å²) >= 11 is 0.942. The average Bonchev–Trinajstić information content (AvgIpc) is 2.78. The van der Waals surface area contributed by atoms with E-state index in [1.54, 1.807) is 12.2 Å². The van der Waals surface area contributed by atoms with Gasteiger partial charge in [-0.25, -0.2) is 0 Å². The minimum absolute atomic E-state index is 0.0119. The number of nitrogens with two attached hydrogens (primary N) is 1. The second-order valence-electron chi connectivity index (χ2n) is 3.81. The van der Waals surface area contributed by atoms with Gasteiger partial charge in [0.15, 0.2) is 0 Å². The van der Waals surface area contributed by atoms with Gasteiger partial charge in [-0.3, -0.25) is 9.59 Å². The van der Waals surface area contributed by atoms with Crippen LogP contribution in [0.4, 0.5) is 18.2 Å². The number of alkyl halides is 3. The lowest BCUT2D eigenvalue weighted by molar-refractivity contribution is -0.167. The van der Waals surface area contributed by atoms with Crippen LogP contribution in [0.15, 0.2) is 6.07 Å². The van der Waals surface area contributed by atoms with Crippen LogP contribution in [0.25, 0.3) is 0 Å². The van der Waals surface area contributed by atoms with Crippen molar-refractivity contribution in [2.75, 3.05) is 18.4 Å². The highest BCUT2D eigenvalue weighted by molar-refractivity contribution is 7.16. The summed E-state index contributed by atoms with van der Waals surface area (Å²) in [5.41, 5.74) is 5.24. The van der Waals surface area contributed by atoms with Crippen LogP contribution in [0.3, 0.4) is 0 Å². The first-order chi connectivity index (χ1) is 9.29. The number of thiophene rings is 1. The van der Waals surface area contributed by atoms with Crippen LogP contribution in [0.2, 0.25) is 0 Å². The summed E-state index contributed by atoms with van der Waals surface area (Å²) in [6, 6.07) is 1.46. The highest BCUT2D eigenvalue weighted by Crippen LogP contribution is 2.30. The largest absolute Gasteiger partial charge is 0.471 e. The number of hydrogen-bond donors (Lipinski definition) is 3. The first kappa shape index (κ1) is 16.4. The number of carbonyl (C=O) groups excluding carboxylic acids is 2. The summed E-state index contributed by atoms with van der Waals surface area (Å²) in [5.74, 6) is -2.67. The van der Waals surface area contributed by atoms with Gasteiger partial charge >= 0.3 is 12.1 Å². The summed E-state index contributed by atoms with van der Waals surface area (Å²) in [5, 5.41) is 4.06. The normalized spacial score (nSPS) is 11.2. The molecule has 0 spiro atoms. The van der Waals surface area contributed by atoms with Gasteiger partial charge in [0, 0.05) is 18.0 Å². The third-order valence-corrected chi connectivity index (χ3v) is 3.49. The molecule has 1 rings (SSSR count). The van der Waals surface area contributed by atoms with Gasteiger partial charge in [0.05, 0.1) is 5.56 Å². The van der Waals surface area contributed by atoms with Gasteiger partial charge in [-0.15, -0.1) is 11.3 Å². The van der Waals surface area contributed by atoms with Crippen LogP contribution in [0, 0.1) is 0 Å². The van der Waals surface area contributed by atoms with E-state index in [0.717, 1.165) is 11.3 Å². The Morgan fingerprint density at radius 3 is 2.55 bits per heavy atom. The molecule has 0 aromatic carbocycles. The zero-order valence-electron chi connectivity index (χ0n) is 10.6. The van der Waals surface area contributed by atoms with Crippen molar-refractivity contribution in [2.24, 2.45) is 5.73 Å². The first-order valence-corrected chi connectivity index (χ1v) is 6.60. The van der Waals surface area contributed by atoms with Crippen molar-refractivity contribution >= 4 is 28.2 Å². The highest BCUT2D eigenvalue weighted by Gasteiger charge is 2.39. The van der Waals surface area contributed by atoms with E-state index in [-0.39, 0.29) is 23.7 Å². The summed E-state index contributed by atoms with van der Waals surface area (Å²) in [4.78, 5) is 23.4. The molecular formula is C11H14F3N3O2S. The standard InChI is InChI=1S/C11H14F3N3O2S/c1-2-6-5-7(8(18)16-4-3-15)9(20-6)17-10(19)11(12,13)14/h5H,2-4,15H2,1H3,(H,16,18)(H,17,19). The third kappa shape index (κ3) is 4.20. The maximum Gasteiger partial charge on any atom is 0.471 e. The minimum atomic E-state index is -5.00. The molecule has 20 heavy (non-hydrogen) atoms. The van der Waals surface area contributed by atoms with Crippen molar-refractivity contribution in [1.82, 2.24) is 5.32 Å². The number of hydrogen-bond acceptors (Lipinski definition) is 4. The van der Waals surface area contributed by atoms with Crippen LogP contribution >= 0.6 is 11.3 Å². The van der Waals surface area contributed by atoms with E-state index in [0.29, 0.717) is 11.3 Å². The van der Waals surface area contributed by atoms with Gasteiger partial charge in [0.2, 0.25) is 0 Å². The second kappa shape index (κ2) is 6.71. The van der Waals surface area contributed by atoms with Gasteiger partial charge < -0.3 is 16.4 Å². The molecule has 0 aliphatic rings. The molecule has 0 unspecified atom stereocenters. The zero-order chi connectivity index (χ0) is 15.3. The van der Waals surface area contributed by atoms with Crippen molar-refractivity contribution < 1.29 is 22.8 Å². The quantitative estimate of drug-likeness (QED) is 0.770. The van der Waals surface area contributed by atoms with Crippen molar-refractivity contribution in [1.29, 1.82) is 0 Å². The molecule has 1 aromatic rings. The number of aryl methyl sites for hydroxylation is 1. The molecule has 112 valence electrons. The maximum absolute atomic E-state index is 12.2. The first-order valence-electron chi connectivity index (χ1n) is 5.78. The fourth-order valence-electron chi connectivity index (χ4n) is 1.33. The monoisotopic (exact) mass is 309 g/mol. The summed E-state index contributed by atoms with van der Waals surface area (Å²) in [6.45, 7) is 2.20. The molecule has 1 aromatic heterocycles. The van der Waals surface area contributed by atoms with E-state index < -0.39 is 18.0 Å². The van der Waals surface area contributed by atoms with Crippen LogP contribution < -0.4 is 16.4 Å². The van der Waals surface area contributed by atoms with E-state index in [1.165, 1.54) is 6.07 Å². The fraction of sp³-hybridized carbons (Fsp3) is 0.455. The molecule has 0 aliphatic heterocycles. The molecule has 1 heterocycles. The molecule has 9 heteroatoms. The van der Waals surface area contributed by atoms with Crippen molar-refractivity contribution in [3.63, 3.8) is 0 Å². The van der Waals surface area contributed by atoms with Gasteiger partial charge in [-0.2, -0.15) is 13.2 Å². The minimum Gasteiger partial charge on any atom is -0.351 e. The lowest BCUT2D eigenvalue weighted by Gasteiger charge is -2.08. The highest BCUT2D eigenvalue weighted by atomic mass is 32.1. The Balaban J connectivity index is 2.97. The van der Waals surface area contributed by atoms with Crippen LogP contribution in [0.1, 0.15) is 22.2 Å².